The van der Waals surface area contributed by atoms with Crippen LogP contribution in [0, 0.1) is 0 Å². The number of nitrogens with two attached hydrogens (primary N) is 1. The maximum atomic E-state index is 5.84. The zero-order valence-corrected chi connectivity index (χ0v) is 8.45. The van der Waals surface area contributed by atoms with Gasteiger partial charge in [0, 0.05) is 24.4 Å². The Bertz CT molecular complexity index is 131. The molecule has 11 heavy (non-hydrogen) atoms. The van der Waals surface area contributed by atoms with Crippen LogP contribution < -0.4 is 5.73 Å². The fourth-order valence-electron chi connectivity index (χ4n) is 1.28. The predicted octanol–water partition coefficient (Wildman–Crippen LogP) is 1.12. The van der Waals surface area contributed by atoms with Crippen molar-refractivity contribution in [1.82, 2.24) is 4.90 Å². The minimum absolute atomic E-state index is 0.290. The van der Waals surface area contributed by atoms with Crippen LogP contribution in [0.5, 0.6) is 0 Å². The van der Waals surface area contributed by atoms with E-state index in [4.69, 9.17) is 5.73 Å². The Hall–Kier alpha value is 0.270. The molecule has 0 aromatic heterocycles. The first-order chi connectivity index (χ1) is 5.00. The molecule has 0 amide bonds. The van der Waals surface area contributed by atoms with Gasteiger partial charge in [-0.1, -0.05) is 0 Å². The fraction of sp³-hybridized carbons (Fsp3) is 1.00. The van der Waals surface area contributed by atoms with E-state index in [0.717, 1.165) is 6.54 Å². The van der Waals surface area contributed by atoms with Crippen molar-refractivity contribution in [2.45, 2.75) is 31.7 Å². The van der Waals surface area contributed by atoms with Gasteiger partial charge in [-0.2, -0.15) is 0 Å². The molecule has 1 aliphatic rings. The summed E-state index contributed by atoms with van der Waals surface area (Å²) >= 11 is 1.87. The molecule has 1 fully saturated rings. The SMILES string of the molecule is CC(C)(C)N1CCSC(N)C1. The van der Waals surface area contributed by atoms with Gasteiger partial charge in [0.2, 0.25) is 0 Å². The zero-order valence-electron chi connectivity index (χ0n) is 7.63. The zero-order chi connectivity index (χ0) is 8.48. The van der Waals surface area contributed by atoms with Gasteiger partial charge >= 0.3 is 0 Å². The van der Waals surface area contributed by atoms with Crippen molar-refractivity contribution in [1.29, 1.82) is 0 Å². The Morgan fingerprint density at radius 2 is 2.09 bits per heavy atom. The van der Waals surface area contributed by atoms with E-state index in [9.17, 15) is 0 Å². The molecular formula is C8H18N2S. The molecule has 66 valence electrons. The summed E-state index contributed by atoms with van der Waals surface area (Å²) in [5.74, 6) is 1.18. The van der Waals surface area contributed by atoms with Gasteiger partial charge in [-0.3, -0.25) is 4.90 Å². The topological polar surface area (TPSA) is 29.3 Å². The molecule has 0 saturated carbocycles. The fourth-order valence-corrected chi connectivity index (χ4v) is 2.20. The lowest BCUT2D eigenvalue weighted by Crippen LogP contribution is -2.50. The first-order valence-electron chi connectivity index (χ1n) is 4.12. The Balaban J connectivity index is 2.46. The average Bonchev–Trinajstić information content (AvgIpc) is 1.86. The number of hydrogen-bond acceptors (Lipinski definition) is 3. The van der Waals surface area contributed by atoms with Crippen LogP contribution in [0.2, 0.25) is 0 Å². The normalized spacial score (nSPS) is 28.9. The second-order valence-electron chi connectivity index (χ2n) is 4.03. The highest BCUT2D eigenvalue weighted by Crippen LogP contribution is 2.21. The molecule has 1 rings (SSSR count). The Morgan fingerprint density at radius 3 is 2.45 bits per heavy atom. The number of hydrogen-bond donors (Lipinski definition) is 1. The first-order valence-corrected chi connectivity index (χ1v) is 5.17. The van der Waals surface area contributed by atoms with Crippen LogP contribution in [-0.4, -0.2) is 34.7 Å². The maximum Gasteiger partial charge on any atom is 0.0636 e. The molecule has 0 aromatic rings. The molecule has 1 unspecified atom stereocenters. The van der Waals surface area contributed by atoms with Gasteiger partial charge < -0.3 is 5.73 Å². The van der Waals surface area contributed by atoms with Gasteiger partial charge in [-0.05, 0) is 20.8 Å². The lowest BCUT2D eigenvalue weighted by molar-refractivity contribution is 0.143. The smallest absolute Gasteiger partial charge is 0.0636 e. The van der Waals surface area contributed by atoms with E-state index in [1.165, 1.54) is 12.3 Å². The van der Waals surface area contributed by atoms with Crippen LogP contribution in [0.1, 0.15) is 20.8 Å². The van der Waals surface area contributed by atoms with Crippen LogP contribution in [0.4, 0.5) is 0 Å². The minimum atomic E-state index is 0.290. The molecule has 0 aromatic carbocycles. The summed E-state index contributed by atoms with van der Waals surface area (Å²) in [4.78, 5) is 2.45. The summed E-state index contributed by atoms with van der Waals surface area (Å²) in [6.45, 7) is 8.96. The van der Waals surface area contributed by atoms with Crippen molar-refractivity contribution in [2.24, 2.45) is 5.73 Å². The highest BCUT2D eigenvalue weighted by Gasteiger charge is 2.26. The summed E-state index contributed by atoms with van der Waals surface area (Å²) in [5, 5.41) is 0.322. The first kappa shape index (κ1) is 9.36. The van der Waals surface area contributed by atoms with Crippen molar-refractivity contribution < 1.29 is 0 Å². The molecule has 1 atom stereocenters. The van der Waals surface area contributed by atoms with E-state index >= 15 is 0 Å². The third-order valence-corrected chi connectivity index (χ3v) is 3.04. The lowest BCUT2D eigenvalue weighted by Gasteiger charge is -2.40. The third-order valence-electron chi connectivity index (χ3n) is 2.04. The average molecular weight is 174 g/mol. The van der Waals surface area contributed by atoms with E-state index in [2.05, 4.69) is 25.7 Å². The molecule has 0 aliphatic carbocycles. The lowest BCUT2D eigenvalue weighted by atomic mass is 10.1. The van der Waals surface area contributed by atoms with Crippen molar-refractivity contribution in [3.8, 4) is 0 Å². The number of thioether (sulfide) groups is 1. The van der Waals surface area contributed by atoms with Gasteiger partial charge in [-0.25, -0.2) is 0 Å². The standard InChI is InChI=1S/C8H18N2S/c1-8(2,3)10-4-5-11-7(9)6-10/h7H,4-6,9H2,1-3H3. The summed E-state index contributed by atoms with van der Waals surface area (Å²) in [6, 6.07) is 0. The highest BCUT2D eigenvalue weighted by molar-refractivity contribution is 7.99. The van der Waals surface area contributed by atoms with Crippen LogP contribution in [0.25, 0.3) is 0 Å². The molecule has 0 radical (unpaired) electrons. The van der Waals surface area contributed by atoms with E-state index in [1.54, 1.807) is 0 Å². The van der Waals surface area contributed by atoms with Crippen LogP contribution in [0.3, 0.4) is 0 Å². The quantitative estimate of drug-likeness (QED) is 0.597. The van der Waals surface area contributed by atoms with Crippen LogP contribution in [0.15, 0.2) is 0 Å². The molecule has 1 aliphatic heterocycles. The van der Waals surface area contributed by atoms with E-state index < -0.39 is 0 Å². The van der Waals surface area contributed by atoms with Crippen molar-refractivity contribution >= 4 is 11.8 Å². The van der Waals surface area contributed by atoms with Gasteiger partial charge in [0.05, 0.1) is 5.37 Å². The number of rotatable bonds is 0. The van der Waals surface area contributed by atoms with Crippen LogP contribution >= 0.6 is 11.8 Å². The third kappa shape index (κ3) is 2.65. The predicted molar refractivity (Wildman–Crippen MR) is 51.8 cm³/mol. The summed E-state index contributed by atoms with van der Waals surface area (Å²) in [5.41, 5.74) is 6.13. The molecular weight excluding hydrogens is 156 g/mol. The van der Waals surface area contributed by atoms with Crippen LogP contribution in [-0.2, 0) is 0 Å². The Morgan fingerprint density at radius 1 is 1.45 bits per heavy atom. The van der Waals surface area contributed by atoms with Crippen molar-refractivity contribution in [2.75, 3.05) is 18.8 Å². The molecule has 1 saturated heterocycles. The highest BCUT2D eigenvalue weighted by atomic mass is 32.2. The summed E-state index contributed by atoms with van der Waals surface area (Å²) < 4.78 is 0. The van der Waals surface area contributed by atoms with Gasteiger partial charge in [-0.15, -0.1) is 11.8 Å². The molecule has 1 heterocycles. The number of nitrogens with zero attached hydrogens (tertiary/aromatic N) is 1. The summed E-state index contributed by atoms with van der Waals surface area (Å²) in [6.07, 6.45) is 0. The molecule has 0 spiro atoms. The Labute approximate surface area is 73.5 Å². The largest absolute Gasteiger partial charge is 0.318 e. The molecule has 2 N–H and O–H groups in total. The summed E-state index contributed by atoms with van der Waals surface area (Å²) in [7, 11) is 0. The maximum absolute atomic E-state index is 5.84. The second kappa shape index (κ2) is 3.33. The molecule has 3 heteroatoms. The molecule has 0 bridgehead atoms. The van der Waals surface area contributed by atoms with Gasteiger partial charge in [0.1, 0.15) is 0 Å². The monoisotopic (exact) mass is 174 g/mol. The minimum Gasteiger partial charge on any atom is -0.318 e. The van der Waals surface area contributed by atoms with E-state index in [-0.39, 0.29) is 0 Å². The molecule has 2 nitrogen and oxygen atoms in total. The van der Waals surface area contributed by atoms with E-state index in [0.29, 0.717) is 10.9 Å². The van der Waals surface area contributed by atoms with Gasteiger partial charge in [0.15, 0.2) is 0 Å². The van der Waals surface area contributed by atoms with Crippen molar-refractivity contribution in [3.05, 3.63) is 0 Å². The van der Waals surface area contributed by atoms with Gasteiger partial charge in [0.25, 0.3) is 0 Å². The van der Waals surface area contributed by atoms with E-state index in [1.807, 2.05) is 11.8 Å². The van der Waals surface area contributed by atoms with Crippen molar-refractivity contribution in [3.63, 3.8) is 0 Å². The Kier molecular flexibility index (Phi) is 2.84. The second-order valence-corrected chi connectivity index (χ2v) is 5.37.